The van der Waals surface area contributed by atoms with Crippen LogP contribution in [0.2, 0.25) is 0 Å². The van der Waals surface area contributed by atoms with Crippen molar-refractivity contribution < 1.29 is 4.74 Å². The third-order valence-corrected chi connectivity index (χ3v) is 1.74. The summed E-state index contributed by atoms with van der Waals surface area (Å²) in [5.74, 6) is 0. The SMILES string of the molecule is COC(C)CCCNC(C)C. The van der Waals surface area contributed by atoms with E-state index in [2.05, 4.69) is 26.1 Å². The van der Waals surface area contributed by atoms with E-state index in [-0.39, 0.29) is 0 Å². The lowest BCUT2D eigenvalue weighted by molar-refractivity contribution is 0.109. The second-order valence-corrected chi connectivity index (χ2v) is 3.30. The van der Waals surface area contributed by atoms with Gasteiger partial charge >= 0.3 is 0 Å². The minimum Gasteiger partial charge on any atom is -0.382 e. The van der Waals surface area contributed by atoms with E-state index in [0.717, 1.165) is 13.0 Å². The lowest BCUT2D eigenvalue weighted by atomic mass is 10.2. The molecule has 68 valence electrons. The molecule has 0 aliphatic carbocycles. The predicted octanol–water partition coefficient (Wildman–Crippen LogP) is 1.80. The molecule has 0 saturated carbocycles. The Hall–Kier alpha value is -0.0800. The Labute approximate surface area is 70.3 Å². The quantitative estimate of drug-likeness (QED) is 0.597. The number of methoxy groups -OCH3 is 1. The molecular formula is C9H21NO. The minimum atomic E-state index is 0.406. The largest absolute Gasteiger partial charge is 0.382 e. The summed E-state index contributed by atoms with van der Waals surface area (Å²) < 4.78 is 5.13. The van der Waals surface area contributed by atoms with Gasteiger partial charge in [-0.15, -0.1) is 0 Å². The van der Waals surface area contributed by atoms with E-state index in [1.54, 1.807) is 7.11 Å². The Bertz CT molecular complexity index is 83.6. The summed E-state index contributed by atoms with van der Waals surface area (Å²) in [5, 5.41) is 3.37. The summed E-state index contributed by atoms with van der Waals surface area (Å²) in [4.78, 5) is 0. The monoisotopic (exact) mass is 159 g/mol. The van der Waals surface area contributed by atoms with Crippen LogP contribution in [0.5, 0.6) is 0 Å². The van der Waals surface area contributed by atoms with Crippen LogP contribution >= 0.6 is 0 Å². The number of hydrogen-bond acceptors (Lipinski definition) is 2. The van der Waals surface area contributed by atoms with E-state index in [4.69, 9.17) is 4.74 Å². The molecule has 2 nitrogen and oxygen atoms in total. The number of ether oxygens (including phenoxy) is 1. The average Bonchev–Trinajstić information content (AvgIpc) is 1.97. The smallest absolute Gasteiger partial charge is 0.0543 e. The Morgan fingerprint density at radius 2 is 1.91 bits per heavy atom. The van der Waals surface area contributed by atoms with Crippen LogP contribution in [-0.4, -0.2) is 25.8 Å². The maximum Gasteiger partial charge on any atom is 0.0543 e. The molecule has 1 atom stereocenters. The molecule has 0 aliphatic heterocycles. The van der Waals surface area contributed by atoms with Crippen LogP contribution in [0.15, 0.2) is 0 Å². The van der Waals surface area contributed by atoms with Gasteiger partial charge in [0.25, 0.3) is 0 Å². The first kappa shape index (κ1) is 10.9. The highest BCUT2D eigenvalue weighted by atomic mass is 16.5. The molecule has 11 heavy (non-hydrogen) atoms. The van der Waals surface area contributed by atoms with Crippen LogP contribution in [0.25, 0.3) is 0 Å². The summed E-state index contributed by atoms with van der Waals surface area (Å²) in [6.07, 6.45) is 2.76. The molecule has 0 spiro atoms. The molecule has 0 heterocycles. The first-order valence-electron chi connectivity index (χ1n) is 4.43. The maximum absolute atomic E-state index is 5.13. The molecule has 1 unspecified atom stereocenters. The van der Waals surface area contributed by atoms with Gasteiger partial charge in [-0.25, -0.2) is 0 Å². The van der Waals surface area contributed by atoms with Gasteiger partial charge in [-0.2, -0.15) is 0 Å². The average molecular weight is 159 g/mol. The van der Waals surface area contributed by atoms with E-state index in [0.29, 0.717) is 12.1 Å². The van der Waals surface area contributed by atoms with Gasteiger partial charge in [0, 0.05) is 13.2 Å². The molecule has 1 N–H and O–H groups in total. The molecule has 0 aromatic heterocycles. The summed E-state index contributed by atoms with van der Waals surface area (Å²) >= 11 is 0. The summed E-state index contributed by atoms with van der Waals surface area (Å²) in [7, 11) is 1.76. The topological polar surface area (TPSA) is 21.3 Å². The van der Waals surface area contributed by atoms with Crippen molar-refractivity contribution >= 4 is 0 Å². The van der Waals surface area contributed by atoms with Crippen LogP contribution in [0.1, 0.15) is 33.6 Å². The van der Waals surface area contributed by atoms with Crippen molar-refractivity contribution in [3.63, 3.8) is 0 Å². The summed E-state index contributed by atoms with van der Waals surface area (Å²) in [5.41, 5.74) is 0. The van der Waals surface area contributed by atoms with Crippen molar-refractivity contribution in [2.24, 2.45) is 0 Å². The molecule has 0 aromatic carbocycles. The van der Waals surface area contributed by atoms with Crippen LogP contribution in [0.3, 0.4) is 0 Å². The Balaban J connectivity index is 3.01. The van der Waals surface area contributed by atoms with Crippen LogP contribution < -0.4 is 5.32 Å². The zero-order valence-electron chi connectivity index (χ0n) is 8.18. The predicted molar refractivity (Wildman–Crippen MR) is 48.8 cm³/mol. The molecule has 2 heteroatoms. The summed E-state index contributed by atoms with van der Waals surface area (Å²) in [6, 6.07) is 0.604. The second-order valence-electron chi connectivity index (χ2n) is 3.30. The number of rotatable bonds is 6. The van der Waals surface area contributed by atoms with E-state index in [1.807, 2.05) is 0 Å². The molecule has 0 aliphatic rings. The van der Waals surface area contributed by atoms with E-state index in [1.165, 1.54) is 6.42 Å². The van der Waals surface area contributed by atoms with Gasteiger partial charge in [0.05, 0.1) is 6.10 Å². The molecule has 0 saturated heterocycles. The molecule has 0 aromatic rings. The minimum absolute atomic E-state index is 0.406. The third kappa shape index (κ3) is 7.82. The first-order valence-corrected chi connectivity index (χ1v) is 4.43. The van der Waals surface area contributed by atoms with Gasteiger partial charge in [-0.1, -0.05) is 13.8 Å². The number of hydrogen-bond donors (Lipinski definition) is 1. The van der Waals surface area contributed by atoms with Crippen LogP contribution in [0, 0.1) is 0 Å². The van der Waals surface area contributed by atoms with Crippen molar-refractivity contribution in [3.8, 4) is 0 Å². The fraction of sp³-hybridized carbons (Fsp3) is 1.00. The molecule has 0 amide bonds. The highest BCUT2D eigenvalue weighted by Crippen LogP contribution is 1.98. The molecule has 0 fully saturated rings. The lowest BCUT2D eigenvalue weighted by Crippen LogP contribution is -2.24. The van der Waals surface area contributed by atoms with Crippen LogP contribution in [-0.2, 0) is 4.74 Å². The Kier molecular flexibility index (Phi) is 6.57. The second kappa shape index (κ2) is 6.62. The normalized spacial score (nSPS) is 13.9. The molecule has 0 rings (SSSR count). The maximum atomic E-state index is 5.13. The first-order chi connectivity index (χ1) is 5.16. The van der Waals surface area contributed by atoms with Gasteiger partial charge in [0.15, 0.2) is 0 Å². The van der Waals surface area contributed by atoms with E-state index in [9.17, 15) is 0 Å². The zero-order valence-corrected chi connectivity index (χ0v) is 8.18. The highest BCUT2D eigenvalue weighted by Gasteiger charge is 1.98. The fourth-order valence-corrected chi connectivity index (χ4v) is 0.898. The van der Waals surface area contributed by atoms with Gasteiger partial charge in [-0.3, -0.25) is 0 Å². The molecule has 0 radical (unpaired) electrons. The Morgan fingerprint density at radius 3 is 2.36 bits per heavy atom. The van der Waals surface area contributed by atoms with Crippen molar-refractivity contribution in [2.45, 2.75) is 45.8 Å². The van der Waals surface area contributed by atoms with E-state index >= 15 is 0 Å². The van der Waals surface area contributed by atoms with Crippen molar-refractivity contribution in [1.82, 2.24) is 5.32 Å². The zero-order chi connectivity index (χ0) is 8.69. The Morgan fingerprint density at radius 1 is 1.27 bits per heavy atom. The highest BCUT2D eigenvalue weighted by molar-refractivity contribution is 4.55. The lowest BCUT2D eigenvalue weighted by Gasteiger charge is -2.10. The van der Waals surface area contributed by atoms with E-state index < -0.39 is 0 Å². The standard InChI is InChI=1S/C9H21NO/c1-8(2)10-7-5-6-9(3)11-4/h8-10H,5-7H2,1-4H3. The third-order valence-electron chi connectivity index (χ3n) is 1.74. The molecule has 0 bridgehead atoms. The van der Waals surface area contributed by atoms with Crippen molar-refractivity contribution in [2.75, 3.05) is 13.7 Å². The van der Waals surface area contributed by atoms with Gasteiger partial charge in [0.2, 0.25) is 0 Å². The van der Waals surface area contributed by atoms with Gasteiger partial charge < -0.3 is 10.1 Å². The fourth-order valence-electron chi connectivity index (χ4n) is 0.898. The van der Waals surface area contributed by atoms with Crippen molar-refractivity contribution in [1.29, 1.82) is 0 Å². The summed E-state index contributed by atoms with van der Waals surface area (Å²) in [6.45, 7) is 7.54. The van der Waals surface area contributed by atoms with Gasteiger partial charge in [-0.05, 0) is 26.3 Å². The molecular weight excluding hydrogens is 138 g/mol. The van der Waals surface area contributed by atoms with Gasteiger partial charge in [0.1, 0.15) is 0 Å². The number of nitrogens with one attached hydrogen (secondary N) is 1. The van der Waals surface area contributed by atoms with Crippen molar-refractivity contribution in [3.05, 3.63) is 0 Å². The van der Waals surface area contributed by atoms with Crippen LogP contribution in [0.4, 0.5) is 0 Å².